The van der Waals surface area contributed by atoms with Gasteiger partial charge in [-0.25, -0.2) is 4.79 Å². The zero-order valence-corrected chi connectivity index (χ0v) is 19.8. The SMILES string of the molecule is CSCCC(N)C(=O)NC(CC(=O)O)C(=O)NC(Cc1ccc(O)cc1)C(=O)NC(CO)C(=O)O. The maximum Gasteiger partial charge on any atom is 0.328 e. The normalized spacial score (nSPS) is 14.1. The average molecular weight is 515 g/mol. The molecule has 14 heteroatoms. The van der Waals surface area contributed by atoms with Crippen LogP contribution in [0.1, 0.15) is 18.4 Å². The first-order valence-corrected chi connectivity index (χ1v) is 11.9. The molecular weight excluding hydrogens is 484 g/mol. The first-order chi connectivity index (χ1) is 16.5. The molecule has 0 radical (unpaired) electrons. The summed E-state index contributed by atoms with van der Waals surface area (Å²) in [6.07, 6.45) is 1.14. The Balaban J connectivity index is 3.09. The summed E-state index contributed by atoms with van der Waals surface area (Å²) in [7, 11) is 0. The number of rotatable bonds is 15. The number of hydrogen-bond acceptors (Lipinski definition) is 9. The number of nitrogens with one attached hydrogen (secondary N) is 3. The van der Waals surface area contributed by atoms with Crippen LogP contribution >= 0.6 is 11.8 Å². The lowest BCUT2D eigenvalue weighted by molar-refractivity contribution is -0.144. The quantitative estimate of drug-likeness (QED) is 0.128. The van der Waals surface area contributed by atoms with Crippen molar-refractivity contribution in [2.75, 3.05) is 18.6 Å². The Bertz CT molecular complexity index is 897. The molecule has 1 rings (SSSR count). The first kappa shape index (κ1) is 29.7. The third-order valence-corrected chi connectivity index (χ3v) is 5.43. The summed E-state index contributed by atoms with van der Waals surface area (Å²) in [5, 5.41) is 43.6. The highest BCUT2D eigenvalue weighted by molar-refractivity contribution is 7.98. The fourth-order valence-electron chi connectivity index (χ4n) is 2.85. The molecule has 0 aliphatic rings. The summed E-state index contributed by atoms with van der Waals surface area (Å²) in [4.78, 5) is 60.4. The minimum Gasteiger partial charge on any atom is -0.508 e. The summed E-state index contributed by atoms with van der Waals surface area (Å²) in [5.41, 5.74) is 6.25. The van der Waals surface area contributed by atoms with E-state index in [2.05, 4.69) is 16.0 Å². The van der Waals surface area contributed by atoms with Gasteiger partial charge in [-0.15, -0.1) is 0 Å². The number of aliphatic hydroxyl groups is 1. The Hall–Kier alpha value is -3.36. The lowest BCUT2D eigenvalue weighted by Crippen LogP contribution is -2.58. The van der Waals surface area contributed by atoms with Gasteiger partial charge in [0, 0.05) is 6.42 Å². The van der Waals surface area contributed by atoms with Gasteiger partial charge in [-0.3, -0.25) is 19.2 Å². The van der Waals surface area contributed by atoms with Crippen molar-refractivity contribution in [1.29, 1.82) is 0 Å². The predicted octanol–water partition coefficient (Wildman–Crippen LogP) is -1.98. The topological polar surface area (TPSA) is 228 Å². The third kappa shape index (κ3) is 10.6. The molecule has 35 heavy (non-hydrogen) atoms. The lowest BCUT2D eigenvalue weighted by Gasteiger charge is -2.24. The number of carboxylic acids is 2. The van der Waals surface area contributed by atoms with Gasteiger partial charge in [0.2, 0.25) is 17.7 Å². The van der Waals surface area contributed by atoms with E-state index in [0.29, 0.717) is 11.3 Å². The summed E-state index contributed by atoms with van der Waals surface area (Å²) >= 11 is 1.45. The first-order valence-electron chi connectivity index (χ1n) is 10.5. The molecule has 0 saturated carbocycles. The summed E-state index contributed by atoms with van der Waals surface area (Å²) in [5.74, 6) is -5.11. The van der Waals surface area contributed by atoms with Crippen LogP contribution in [-0.4, -0.2) is 92.9 Å². The van der Waals surface area contributed by atoms with Crippen LogP contribution in [0, 0.1) is 0 Å². The molecule has 13 nitrogen and oxygen atoms in total. The summed E-state index contributed by atoms with van der Waals surface area (Å²) in [6, 6.07) is -0.00302. The number of carboxylic acid groups (broad SMARTS) is 2. The van der Waals surface area contributed by atoms with Crippen LogP contribution in [-0.2, 0) is 30.4 Å². The van der Waals surface area contributed by atoms with Crippen molar-refractivity contribution in [2.45, 2.75) is 43.4 Å². The molecular formula is C21H30N4O9S. The number of aromatic hydroxyl groups is 1. The van der Waals surface area contributed by atoms with E-state index in [0.717, 1.165) is 0 Å². The van der Waals surface area contributed by atoms with E-state index in [1.807, 2.05) is 6.26 Å². The molecule has 0 aliphatic carbocycles. The number of thioether (sulfide) groups is 1. The highest BCUT2D eigenvalue weighted by Crippen LogP contribution is 2.12. The fraction of sp³-hybridized carbons (Fsp3) is 0.476. The van der Waals surface area contributed by atoms with Crippen molar-refractivity contribution >= 4 is 41.4 Å². The number of aliphatic carboxylic acids is 2. The second-order valence-electron chi connectivity index (χ2n) is 7.56. The Morgan fingerprint density at radius 1 is 0.914 bits per heavy atom. The fourth-order valence-corrected chi connectivity index (χ4v) is 3.34. The molecule has 1 aromatic rings. The van der Waals surface area contributed by atoms with E-state index in [-0.39, 0.29) is 18.6 Å². The van der Waals surface area contributed by atoms with E-state index < -0.39 is 66.9 Å². The van der Waals surface area contributed by atoms with Gasteiger partial charge in [-0.05, 0) is 36.1 Å². The maximum absolute atomic E-state index is 12.9. The molecule has 4 atom stereocenters. The number of aliphatic hydroxyl groups excluding tert-OH is 1. The minimum absolute atomic E-state index is 0.0490. The number of carbonyl (C=O) groups is 5. The van der Waals surface area contributed by atoms with Gasteiger partial charge >= 0.3 is 11.9 Å². The number of nitrogens with two attached hydrogens (primary N) is 1. The van der Waals surface area contributed by atoms with Gasteiger partial charge in [0.05, 0.1) is 19.1 Å². The van der Waals surface area contributed by atoms with Crippen LogP contribution in [0.15, 0.2) is 24.3 Å². The van der Waals surface area contributed by atoms with Crippen LogP contribution in [0.2, 0.25) is 0 Å². The Labute approximate surface area is 205 Å². The van der Waals surface area contributed by atoms with Crippen molar-refractivity contribution in [3.8, 4) is 5.75 Å². The average Bonchev–Trinajstić information content (AvgIpc) is 2.80. The number of phenolic OH excluding ortho intramolecular Hbond substituents is 1. The Morgan fingerprint density at radius 3 is 1.97 bits per heavy atom. The van der Waals surface area contributed by atoms with Crippen molar-refractivity contribution in [3.05, 3.63) is 29.8 Å². The largest absolute Gasteiger partial charge is 0.508 e. The monoisotopic (exact) mass is 514 g/mol. The smallest absolute Gasteiger partial charge is 0.328 e. The number of amides is 3. The zero-order valence-electron chi connectivity index (χ0n) is 19.0. The minimum atomic E-state index is -1.65. The molecule has 194 valence electrons. The molecule has 0 aromatic heterocycles. The second kappa shape index (κ2) is 14.8. The zero-order chi connectivity index (χ0) is 26.5. The van der Waals surface area contributed by atoms with Crippen molar-refractivity contribution < 1.29 is 44.4 Å². The Kier molecular flexibility index (Phi) is 12.6. The Morgan fingerprint density at radius 2 is 1.46 bits per heavy atom. The molecule has 0 fully saturated rings. The molecule has 0 bridgehead atoms. The number of phenols is 1. The van der Waals surface area contributed by atoms with Gasteiger partial charge in [-0.2, -0.15) is 11.8 Å². The van der Waals surface area contributed by atoms with Gasteiger partial charge in [0.25, 0.3) is 0 Å². The molecule has 0 heterocycles. The molecule has 1 aromatic carbocycles. The van der Waals surface area contributed by atoms with Crippen molar-refractivity contribution in [3.63, 3.8) is 0 Å². The van der Waals surface area contributed by atoms with Gasteiger partial charge in [0.1, 0.15) is 23.9 Å². The third-order valence-electron chi connectivity index (χ3n) is 4.79. The van der Waals surface area contributed by atoms with E-state index in [4.69, 9.17) is 10.8 Å². The summed E-state index contributed by atoms with van der Waals surface area (Å²) < 4.78 is 0. The maximum atomic E-state index is 12.9. The number of carbonyl (C=O) groups excluding carboxylic acids is 3. The van der Waals surface area contributed by atoms with E-state index in [1.54, 1.807) is 0 Å². The number of hydrogen-bond donors (Lipinski definition) is 8. The summed E-state index contributed by atoms with van der Waals surface area (Å²) in [6.45, 7) is -0.910. The molecule has 0 spiro atoms. The van der Waals surface area contributed by atoms with E-state index >= 15 is 0 Å². The highest BCUT2D eigenvalue weighted by atomic mass is 32.2. The van der Waals surface area contributed by atoms with Crippen LogP contribution in [0.4, 0.5) is 0 Å². The van der Waals surface area contributed by atoms with E-state index in [1.165, 1.54) is 36.0 Å². The number of benzene rings is 1. The molecule has 0 aliphatic heterocycles. The van der Waals surface area contributed by atoms with Crippen LogP contribution in [0.5, 0.6) is 5.75 Å². The van der Waals surface area contributed by atoms with Crippen molar-refractivity contribution in [2.24, 2.45) is 5.73 Å². The standard InChI is InChI=1S/C21H30N4O9S/c1-35-7-6-13(22)18(30)23-15(9-17(28)29)20(32)24-14(8-11-2-4-12(27)5-3-11)19(31)25-16(10-26)21(33)34/h2-5,13-16,26-27H,6-10,22H2,1H3,(H,23,30)(H,24,32)(H,25,31)(H,28,29)(H,33,34). The van der Waals surface area contributed by atoms with Crippen molar-refractivity contribution in [1.82, 2.24) is 16.0 Å². The van der Waals surface area contributed by atoms with Crippen LogP contribution in [0.25, 0.3) is 0 Å². The van der Waals surface area contributed by atoms with Gasteiger partial charge in [-0.1, -0.05) is 12.1 Å². The van der Waals surface area contributed by atoms with Crippen LogP contribution < -0.4 is 21.7 Å². The van der Waals surface area contributed by atoms with Gasteiger partial charge < -0.3 is 42.1 Å². The molecule has 0 saturated heterocycles. The molecule has 3 amide bonds. The van der Waals surface area contributed by atoms with Gasteiger partial charge in [0.15, 0.2) is 0 Å². The van der Waals surface area contributed by atoms with E-state index in [9.17, 15) is 39.3 Å². The second-order valence-corrected chi connectivity index (χ2v) is 8.55. The lowest BCUT2D eigenvalue weighted by atomic mass is 10.0. The molecule has 4 unspecified atom stereocenters. The predicted molar refractivity (Wildman–Crippen MR) is 126 cm³/mol. The highest BCUT2D eigenvalue weighted by Gasteiger charge is 2.31. The molecule has 9 N–H and O–H groups in total. The van der Waals surface area contributed by atoms with Crippen LogP contribution in [0.3, 0.4) is 0 Å².